The third-order valence-electron chi connectivity index (χ3n) is 6.12. The summed E-state index contributed by atoms with van der Waals surface area (Å²) < 4.78 is 5.51. The van der Waals surface area contributed by atoms with Crippen LogP contribution in [-0.4, -0.2) is 62.6 Å². The molecule has 170 valence electrons. The van der Waals surface area contributed by atoms with Gasteiger partial charge in [0.25, 0.3) is 5.91 Å². The van der Waals surface area contributed by atoms with Gasteiger partial charge in [-0.25, -0.2) is 0 Å². The fourth-order valence-electron chi connectivity index (χ4n) is 4.43. The van der Waals surface area contributed by atoms with Gasteiger partial charge >= 0.3 is 0 Å². The highest BCUT2D eigenvalue weighted by molar-refractivity contribution is 5.97. The van der Waals surface area contributed by atoms with Crippen LogP contribution in [0.25, 0.3) is 0 Å². The first-order valence-electron chi connectivity index (χ1n) is 11.5. The number of anilines is 1. The summed E-state index contributed by atoms with van der Waals surface area (Å²) in [6, 6.07) is 18.9. The summed E-state index contributed by atoms with van der Waals surface area (Å²) >= 11 is 0. The van der Waals surface area contributed by atoms with Crippen LogP contribution in [0.3, 0.4) is 0 Å². The lowest BCUT2D eigenvalue weighted by atomic mass is 10.2. The number of guanidine groups is 1. The number of benzene rings is 2. The molecule has 7 heteroatoms. The molecule has 0 radical (unpaired) electrons. The van der Waals surface area contributed by atoms with Crippen molar-refractivity contribution in [3.8, 4) is 5.75 Å². The van der Waals surface area contributed by atoms with Crippen molar-refractivity contribution in [1.82, 2.24) is 15.5 Å². The predicted molar refractivity (Wildman–Crippen MR) is 128 cm³/mol. The number of aliphatic imine (C=N–C) groups is 1. The van der Waals surface area contributed by atoms with Crippen molar-refractivity contribution >= 4 is 17.6 Å². The van der Waals surface area contributed by atoms with Crippen LogP contribution in [0, 0.1) is 0 Å². The van der Waals surface area contributed by atoms with Gasteiger partial charge < -0.3 is 20.3 Å². The van der Waals surface area contributed by atoms with Gasteiger partial charge in [0.1, 0.15) is 5.75 Å². The second-order valence-corrected chi connectivity index (χ2v) is 8.29. The minimum Gasteiger partial charge on any atom is -0.482 e. The van der Waals surface area contributed by atoms with E-state index in [2.05, 4.69) is 50.9 Å². The molecule has 2 aliphatic rings. The van der Waals surface area contributed by atoms with Crippen molar-refractivity contribution in [3.05, 3.63) is 60.2 Å². The number of hydrogen-bond acceptors (Lipinski definition) is 4. The molecule has 2 heterocycles. The summed E-state index contributed by atoms with van der Waals surface area (Å²) in [6.45, 7) is 4.51. The van der Waals surface area contributed by atoms with E-state index in [9.17, 15) is 4.79 Å². The van der Waals surface area contributed by atoms with Gasteiger partial charge in [0.05, 0.1) is 5.69 Å². The molecule has 0 aromatic heterocycles. The van der Waals surface area contributed by atoms with Crippen molar-refractivity contribution in [3.63, 3.8) is 0 Å². The van der Waals surface area contributed by atoms with Crippen molar-refractivity contribution in [2.24, 2.45) is 4.99 Å². The molecule has 4 rings (SSSR count). The lowest BCUT2D eigenvalue weighted by molar-refractivity contribution is -0.121. The van der Waals surface area contributed by atoms with Gasteiger partial charge in [-0.15, -0.1) is 0 Å². The minimum absolute atomic E-state index is 0.00551. The number of ether oxygens (including phenoxy) is 1. The number of carbonyl (C=O) groups excluding carboxylic acids is 1. The minimum atomic E-state index is 0.00551. The Hall–Kier alpha value is -3.06. The van der Waals surface area contributed by atoms with Gasteiger partial charge in [0, 0.05) is 39.3 Å². The standard InChI is InChI=1S/C25H33N5O2/c1-26-25(28-17-21-11-7-15-29(21)18-20-9-3-2-4-10-20)27-14-8-16-30-22-12-5-6-13-23(22)32-19-24(30)31/h2-6,9-10,12-13,21H,7-8,11,14-19H2,1H3,(H2,26,27,28). The first-order chi connectivity index (χ1) is 15.7. The van der Waals surface area contributed by atoms with Crippen LogP contribution in [0.1, 0.15) is 24.8 Å². The average molecular weight is 436 g/mol. The maximum absolute atomic E-state index is 12.3. The van der Waals surface area contributed by atoms with E-state index in [-0.39, 0.29) is 12.5 Å². The molecule has 7 nitrogen and oxygen atoms in total. The van der Waals surface area contributed by atoms with E-state index in [1.807, 2.05) is 29.2 Å². The Labute approximate surface area is 190 Å². The third-order valence-corrected chi connectivity index (χ3v) is 6.12. The first kappa shape index (κ1) is 22.1. The number of likely N-dealkylation sites (tertiary alicyclic amines) is 1. The summed E-state index contributed by atoms with van der Waals surface area (Å²) in [7, 11) is 1.80. The number of carbonyl (C=O) groups is 1. The number of nitrogens with zero attached hydrogens (tertiary/aromatic N) is 3. The van der Waals surface area contributed by atoms with E-state index in [4.69, 9.17) is 4.74 Å². The largest absolute Gasteiger partial charge is 0.482 e. The molecule has 0 saturated carbocycles. The zero-order valence-electron chi connectivity index (χ0n) is 18.8. The predicted octanol–water partition coefficient (Wildman–Crippen LogP) is 2.63. The highest BCUT2D eigenvalue weighted by Crippen LogP contribution is 2.31. The Balaban J connectivity index is 1.21. The summed E-state index contributed by atoms with van der Waals surface area (Å²) in [4.78, 5) is 21.0. The van der Waals surface area contributed by atoms with Crippen LogP contribution in [0.5, 0.6) is 5.75 Å². The summed E-state index contributed by atoms with van der Waals surface area (Å²) in [5.41, 5.74) is 2.21. The third kappa shape index (κ3) is 5.59. The normalized spacial score (nSPS) is 18.9. The van der Waals surface area contributed by atoms with E-state index in [0.717, 1.165) is 50.0 Å². The van der Waals surface area contributed by atoms with E-state index in [1.54, 1.807) is 7.05 Å². The molecule has 0 aliphatic carbocycles. The molecule has 2 aliphatic heterocycles. The fourth-order valence-corrected chi connectivity index (χ4v) is 4.43. The molecular formula is C25H33N5O2. The lowest BCUT2D eigenvalue weighted by Gasteiger charge is -2.29. The number of amides is 1. The molecule has 32 heavy (non-hydrogen) atoms. The molecule has 2 aromatic rings. The van der Waals surface area contributed by atoms with Crippen molar-refractivity contribution in [2.75, 3.05) is 44.7 Å². The van der Waals surface area contributed by atoms with Gasteiger partial charge in [-0.05, 0) is 43.5 Å². The van der Waals surface area contributed by atoms with Crippen molar-refractivity contribution < 1.29 is 9.53 Å². The average Bonchev–Trinajstić information content (AvgIpc) is 3.27. The molecular weight excluding hydrogens is 402 g/mol. The van der Waals surface area contributed by atoms with Gasteiger partial charge in [0.2, 0.25) is 0 Å². The van der Waals surface area contributed by atoms with Crippen LogP contribution < -0.4 is 20.3 Å². The molecule has 1 atom stereocenters. The molecule has 1 fully saturated rings. The van der Waals surface area contributed by atoms with Crippen molar-refractivity contribution in [2.45, 2.75) is 31.8 Å². The Morgan fingerprint density at radius 3 is 2.78 bits per heavy atom. The molecule has 1 unspecified atom stereocenters. The highest BCUT2D eigenvalue weighted by atomic mass is 16.5. The van der Waals surface area contributed by atoms with Gasteiger partial charge in [-0.2, -0.15) is 0 Å². The number of nitrogens with one attached hydrogen (secondary N) is 2. The monoisotopic (exact) mass is 435 g/mol. The number of rotatable bonds is 8. The number of para-hydroxylation sites is 2. The van der Waals surface area contributed by atoms with Crippen LogP contribution in [-0.2, 0) is 11.3 Å². The first-order valence-corrected chi connectivity index (χ1v) is 11.5. The second kappa shape index (κ2) is 11.0. The zero-order chi connectivity index (χ0) is 22.2. The van der Waals surface area contributed by atoms with Crippen LogP contribution in [0.4, 0.5) is 5.69 Å². The maximum Gasteiger partial charge on any atom is 0.265 e. The van der Waals surface area contributed by atoms with E-state index in [0.29, 0.717) is 12.6 Å². The second-order valence-electron chi connectivity index (χ2n) is 8.29. The van der Waals surface area contributed by atoms with Gasteiger partial charge in [0.15, 0.2) is 12.6 Å². The van der Waals surface area contributed by atoms with Gasteiger partial charge in [-0.1, -0.05) is 42.5 Å². The highest BCUT2D eigenvalue weighted by Gasteiger charge is 2.25. The van der Waals surface area contributed by atoms with Crippen LogP contribution in [0.15, 0.2) is 59.6 Å². The lowest BCUT2D eigenvalue weighted by Crippen LogP contribution is -2.45. The summed E-state index contributed by atoms with van der Waals surface area (Å²) in [6.07, 6.45) is 3.26. The zero-order valence-corrected chi connectivity index (χ0v) is 18.8. The Morgan fingerprint density at radius 1 is 1.12 bits per heavy atom. The molecule has 0 bridgehead atoms. The Morgan fingerprint density at radius 2 is 1.94 bits per heavy atom. The smallest absolute Gasteiger partial charge is 0.265 e. The van der Waals surface area contributed by atoms with Crippen molar-refractivity contribution in [1.29, 1.82) is 0 Å². The molecule has 1 amide bonds. The quantitative estimate of drug-likeness (QED) is 0.379. The molecule has 0 spiro atoms. The van der Waals surface area contributed by atoms with E-state index < -0.39 is 0 Å². The topological polar surface area (TPSA) is 69.2 Å². The Kier molecular flexibility index (Phi) is 7.61. The SMILES string of the molecule is CN=C(NCCCN1C(=O)COc2ccccc21)NCC1CCCN1Cc1ccccc1. The molecule has 1 saturated heterocycles. The summed E-state index contributed by atoms with van der Waals surface area (Å²) in [5, 5.41) is 6.87. The molecule has 2 aromatic carbocycles. The Bertz CT molecular complexity index is 918. The fraction of sp³-hybridized carbons (Fsp3) is 0.440. The van der Waals surface area contributed by atoms with E-state index >= 15 is 0 Å². The number of fused-ring (bicyclic) bond motifs is 1. The van der Waals surface area contributed by atoms with Gasteiger partial charge in [-0.3, -0.25) is 14.7 Å². The number of hydrogen-bond donors (Lipinski definition) is 2. The summed E-state index contributed by atoms with van der Waals surface area (Å²) in [5.74, 6) is 1.59. The maximum atomic E-state index is 12.3. The van der Waals surface area contributed by atoms with Crippen LogP contribution >= 0.6 is 0 Å². The molecule has 2 N–H and O–H groups in total. The van der Waals surface area contributed by atoms with Crippen LogP contribution in [0.2, 0.25) is 0 Å². The van der Waals surface area contributed by atoms with E-state index in [1.165, 1.54) is 18.4 Å².